The molecule has 2 aliphatic rings. The summed E-state index contributed by atoms with van der Waals surface area (Å²) >= 11 is 1.80. The fourth-order valence-corrected chi connectivity index (χ4v) is 3.74. The zero-order chi connectivity index (χ0) is 14.0. The molecule has 0 aliphatic heterocycles. The molecule has 4 nitrogen and oxygen atoms in total. The lowest BCUT2D eigenvalue weighted by Crippen LogP contribution is -2.39. The number of carbonyl (C=O) groups excluding carboxylic acids is 1. The van der Waals surface area contributed by atoms with Crippen molar-refractivity contribution in [2.24, 2.45) is 17.8 Å². The first-order valence-corrected chi connectivity index (χ1v) is 8.29. The molecule has 2 saturated carbocycles. The summed E-state index contributed by atoms with van der Waals surface area (Å²) in [6.45, 7) is 2.75. The largest absolute Gasteiger partial charge is 0.481 e. The zero-order valence-electron chi connectivity index (χ0n) is 11.6. The van der Waals surface area contributed by atoms with Gasteiger partial charge in [0, 0.05) is 11.3 Å². The van der Waals surface area contributed by atoms with Crippen molar-refractivity contribution in [2.75, 3.05) is 12.8 Å². The van der Waals surface area contributed by atoms with Crippen LogP contribution >= 0.6 is 11.8 Å². The molecule has 0 heterocycles. The molecule has 0 aromatic heterocycles. The lowest BCUT2D eigenvalue weighted by Gasteiger charge is -2.18. The zero-order valence-corrected chi connectivity index (χ0v) is 12.5. The quantitative estimate of drug-likeness (QED) is 0.784. The maximum absolute atomic E-state index is 12.2. The first-order chi connectivity index (χ1) is 9.01. The van der Waals surface area contributed by atoms with Crippen molar-refractivity contribution in [2.45, 2.75) is 43.8 Å². The van der Waals surface area contributed by atoms with E-state index in [-0.39, 0.29) is 16.6 Å². The third-order valence-electron chi connectivity index (χ3n) is 4.72. The van der Waals surface area contributed by atoms with Crippen LogP contribution in [0.3, 0.4) is 0 Å². The Hall–Kier alpha value is -0.710. The number of rotatable bonds is 6. The average molecular weight is 285 g/mol. The van der Waals surface area contributed by atoms with Crippen LogP contribution in [0, 0.1) is 17.8 Å². The van der Waals surface area contributed by atoms with Gasteiger partial charge in [-0.15, -0.1) is 0 Å². The van der Waals surface area contributed by atoms with Gasteiger partial charge in [0.2, 0.25) is 5.91 Å². The first kappa shape index (κ1) is 14.7. The highest BCUT2D eigenvalue weighted by Crippen LogP contribution is 2.46. The van der Waals surface area contributed by atoms with Crippen LogP contribution in [0.15, 0.2) is 0 Å². The maximum Gasteiger partial charge on any atom is 0.307 e. The monoisotopic (exact) mass is 285 g/mol. The summed E-state index contributed by atoms with van der Waals surface area (Å²) < 4.78 is 0.233. The molecule has 108 valence electrons. The van der Waals surface area contributed by atoms with Crippen LogP contribution in [-0.4, -0.2) is 34.5 Å². The van der Waals surface area contributed by atoms with Gasteiger partial charge in [-0.05, 0) is 37.9 Å². The molecule has 0 radical (unpaired) electrons. The highest BCUT2D eigenvalue weighted by molar-refractivity contribution is 8.00. The summed E-state index contributed by atoms with van der Waals surface area (Å²) in [5.74, 6) is -1.31. The average Bonchev–Trinajstić information content (AvgIpc) is 3.05. The molecule has 0 aromatic rings. The third-order valence-corrected chi connectivity index (χ3v) is 6.14. The van der Waals surface area contributed by atoms with Gasteiger partial charge in [-0.1, -0.05) is 13.3 Å². The molecule has 2 rings (SSSR count). The predicted octanol–water partition coefficient (Wildman–Crippen LogP) is 2.14. The van der Waals surface area contributed by atoms with E-state index in [1.54, 1.807) is 11.8 Å². The Labute approximate surface area is 118 Å². The van der Waals surface area contributed by atoms with Gasteiger partial charge in [-0.25, -0.2) is 0 Å². The number of aliphatic carboxylic acids is 1. The van der Waals surface area contributed by atoms with Gasteiger partial charge in [-0.3, -0.25) is 9.59 Å². The van der Waals surface area contributed by atoms with E-state index in [1.807, 2.05) is 0 Å². The minimum absolute atomic E-state index is 0.0522. The second-order valence-electron chi connectivity index (χ2n) is 5.90. The number of amides is 1. The smallest absolute Gasteiger partial charge is 0.307 e. The summed E-state index contributed by atoms with van der Waals surface area (Å²) in [6.07, 6.45) is 6.71. The van der Waals surface area contributed by atoms with Crippen molar-refractivity contribution >= 4 is 23.6 Å². The Morgan fingerprint density at radius 3 is 2.42 bits per heavy atom. The number of carboxylic acids is 1. The maximum atomic E-state index is 12.2. The lowest BCUT2D eigenvalue weighted by atomic mass is 9.95. The van der Waals surface area contributed by atoms with E-state index in [2.05, 4.69) is 18.5 Å². The molecular weight excluding hydrogens is 262 g/mol. The predicted molar refractivity (Wildman–Crippen MR) is 76.1 cm³/mol. The summed E-state index contributed by atoms with van der Waals surface area (Å²) in [7, 11) is 0. The Morgan fingerprint density at radius 1 is 1.32 bits per heavy atom. The molecule has 2 fully saturated rings. The number of carboxylic acid groups (broad SMARTS) is 1. The second-order valence-corrected chi connectivity index (χ2v) is 7.18. The fourth-order valence-electron chi connectivity index (χ4n) is 3.01. The summed E-state index contributed by atoms with van der Waals surface area (Å²) in [6, 6.07) is 0. The number of nitrogens with one attached hydrogen (secondary N) is 1. The van der Waals surface area contributed by atoms with E-state index in [9.17, 15) is 14.7 Å². The summed E-state index contributed by atoms with van der Waals surface area (Å²) in [5, 5.41) is 12.2. The highest BCUT2D eigenvalue weighted by atomic mass is 32.2. The van der Waals surface area contributed by atoms with Gasteiger partial charge in [-0.2, -0.15) is 11.8 Å². The van der Waals surface area contributed by atoms with E-state index in [4.69, 9.17) is 0 Å². The first-order valence-electron chi connectivity index (χ1n) is 7.07. The van der Waals surface area contributed by atoms with Crippen LogP contribution < -0.4 is 5.32 Å². The van der Waals surface area contributed by atoms with E-state index in [0.717, 1.165) is 25.7 Å². The van der Waals surface area contributed by atoms with E-state index in [0.29, 0.717) is 18.9 Å². The Bertz CT molecular complexity index is 368. The van der Waals surface area contributed by atoms with Crippen LogP contribution in [0.1, 0.15) is 39.0 Å². The molecule has 3 unspecified atom stereocenters. The van der Waals surface area contributed by atoms with Crippen LogP contribution in [-0.2, 0) is 9.59 Å². The van der Waals surface area contributed by atoms with Crippen molar-refractivity contribution < 1.29 is 14.7 Å². The molecule has 0 bridgehead atoms. The molecule has 2 aliphatic carbocycles. The van der Waals surface area contributed by atoms with E-state index in [1.165, 1.54) is 0 Å². The molecule has 3 atom stereocenters. The van der Waals surface area contributed by atoms with Gasteiger partial charge in [0.15, 0.2) is 0 Å². The number of hydrogen-bond donors (Lipinski definition) is 2. The Balaban J connectivity index is 1.91. The van der Waals surface area contributed by atoms with Crippen LogP contribution in [0.2, 0.25) is 0 Å². The minimum atomic E-state index is -0.817. The molecule has 1 amide bonds. The van der Waals surface area contributed by atoms with Crippen molar-refractivity contribution in [1.29, 1.82) is 0 Å². The van der Waals surface area contributed by atoms with Gasteiger partial charge in [0.05, 0.1) is 11.8 Å². The number of hydrogen-bond acceptors (Lipinski definition) is 3. The molecule has 0 saturated heterocycles. The standard InChI is InChI=1S/C14H23NO3S/c1-3-9-6-10(11(7-9)13(17)18)12(16)15-8-14(19-2)4-5-14/h9-11H,3-8H2,1-2H3,(H,15,16)(H,17,18). The minimum Gasteiger partial charge on any atom is -0.481 e. The normalized spacial score (nSPS) is 32.0. The molecule has 19 heavy (non-hydrogen) atoms. The number of thioether (sulfide) groups is 1. The van der Waals surface area contributed by atoms with Gasteiger partial charge in [0.1, 0.15) is 0 Å². The third kappa shape index (κ3) is 3.25. The van der Waals surface area contributed by atoms with Crippen LogP contribution in [0.5, 0.6) is 0 Å². The van der Waals surface area contributed by atoms with E-state index >= 15 is 0 Å². The second kappa shape index (κ2) is 5.73. The molecular formula is C14H23NO3S. The fraction of sp³-hybridized carbons (Fsp3) is 0.857. The van der Waals surface area contributed by atoms with Crippen molar-refractivity contribution in [1.82, 2.24) is 5.32 Å². The number of carbonyl (C=O) groups is 2. The molecule has 0 spiro atoms. The lowest BCUT2D eigenvalue weighted by molar-refractivity contribution is -0.146. The Morgan fingerprint density at radius 2 is 1.95 bits per heavy atom. The van der Waals surface area contributed by atoms with Crippen LogP contribution in [0.25, 0.3) is 0 Å². The summed E-state index contributed by atoms with van der Waals surface area (Å²) in [5.41, 5.74) is 0. The van der Waals surface area contributed by atoms with Crippen molar-refractivity contribution in [3.8, 4) is 0 Å². The van der Waals surface area contributed by atoms with Gasteiger partial charge >= 0.3 is 5.97 Å². The van der Waals surface area contributed by atoms with E-state index < -0.39 is 11.9 Å². The highest BCUT2D eigenvalue weighted by Gasteiger charge is 2.45. The summed E-state index contributed by atoms with van der Waals surface area (Å²) in [4.78, 5) is 23.5. The molecule has 2 N–H and O–H groups in total. The SMILES string of the molecule is CCC1CC(C(=O)O)C(C(=O)NCC2(SC)CC2)C1. The topological polar surface area (TPSA) is 66.4 Å². The molecule has 0 aromatic carbocycles. The van der Waals surface area contributed by atoms with Gasteiger partial charge < -0.3 is 10.4 Å². The van der Waals surface area contributed by atoms with Crippen LogP contribution in [0.4, 0.5) is 0 Å². The van der Waals surface area contributed by atoms with Crippen molar-refractivity contribution in [3.05, 3.63) is 0 Å². The Kier molecular flexibility index (Phi) is 4.43. The van der Waals surface area contributed by atoms with Crippen molar-refractivity contribution in [3.63, 3.8) is 0 Å². The molecule has 5 heteroatoms. The van der Waals surface area contributed by atoms with Gasteiger partial charge in [0.25, 0.3) is 0 Å².